The number of rotatable bonds is 4. The lowest BCUT2D eigenvalue weighted by molar-refractivity contribution is 1.58. The first-order valence-electron chi connectivity index (χ1n) is 14.0. The van der Waals surface area contributed by atoms with Crippen LogP contribution in [0.3, 0.4) is 0 Å². The minimum atomic E-state index is 0.997. The fourth-order valence-electron chi connectivity index (χ4n) is 4.59. The molecule has 0 heterocycles. The highest BCUT2D eigenvalue weighted by Gasteiger charge is 1.98. The normalized spacial score (nSPS) is 10.4. The van der Waals surface area contributed by atoms with E-state index in [4.69, 9.17) is 0 Å². The van der Waals surface area contributed by atoms with E-state index < -0.39 is 0 Å². The van der Waals surface area contributed by atoms with Crippen LogP contribution in [0, 0.1) is 23.7 Å². The maximum atomic E-state index is 3.27. The molecule has 0 aliphatic heterocycles. The van der Waals surface area contributed by atoms with E-state index in [1.54, 1.807) is 0 Å². The van der Waals surface area contributed by atoms with Gasteiger partial charge in [-0.1, -0.05) is 145 Å². The van der Waals surface area contributed by atoms with E-state index in [-0.39, 0.29) is 0 Å². The van der Waals surface area contributed by atoms with Gasteiger partial charge in [0.2, 0.25) is 0 Å². The Labute approximate surface area is 248 Å². The van der Waals surface area contributed by atoms with Crippen LogP contribution in [0.2, 0.25) is 0 Å². The number of hydrogen-bond acceptors (Lipinski definition) is 0. The molecule has 196 valence electrons. The molecular formula is C42H28. The van der Waals surface area contributed by atoms with Crippen LogP contribution >= 0.6 is 0 Å². The highest BCUT2D eigenvalue weighted by atomic mass is 14.0. The van der Waals surface area contributed by atoms with Gasteiger partial charge < -0.3 is 0 Å². The zero-order chi connectivity index (χ0) is 28.4. The molecular weight excluding hydrogens is 504 g/mol. The molecule has 0 N–H and O–H groups in total. The van der Waals surface area contributed by atoms with Gasteiger partial charge in [-0.15, -0.1) is 0 Å². The summed E-state index contributed by atoms with van der Waals surface area (Å²) in [6.45, 7) is 0. The maximum Gasteiger partial charge on any atom is 0.0249 e. The molecule has 6 aromatic rings. The molecule has 0 unspecified atom stereocenters. The number of hydrogen-bond donors (Lipinski definition) is 0. The summed E-state index contributed by atoms with van der Waals surface area (Å²) >= 11 is 0. The molecule has 0 radical (unpaired) electrons. The van der Waals surface area contributed by atoms with Gasteiger partial charge in [0.1, 0.15) is 0 Å². The molecule has 42 heavy (non-hydrogen) atoms. The van der Waals surface area contributed by atoms with Gasteiger partial charge in [0.15, 0.2) is 0 Å². The quantitative estimate of drug-likeness (QED) is 0.157. The van der Waals surface area contributed by atoms with Crippen molar-refractivity contribution in [1.29, 1.82) is 0 Å². The maximum absolute atomic E-state index is 3.27. The van der Waals surface area contributed by atoms with Gasteiger partial charge in [0.05, 0.1) is 0 Å². The Hall–Kier alpha value is -5.82. The molecule has 0 aliphatic rings. The molecule has 0 saturated heterocycles. The van der Waals surface area contributed by atoms with Crippen molar-refractivity contribution < 1.29 is 0 Å². The van der Waals surface area contributed by atoms with E-state index in [2.05, 4.69) is 181 Å². The zero-order valence-electron chi connectivity index (χ0n) is 23.2. The van der Waals surface area contributed by atoms with Crippen LogP contribution in [0.4, 0.5) is 0 Å². The Morgan fingerprint density at radius 3 is 0.833 bits per heavy atom. The summed E-state index contributed by atoms with van der Waals surface area (Å²) in [6, 6.07) is 54.2. The molecule has 0 aromatic heterocycles. The molecule has 6 rings (SSSR count). The molecule has 0 bridgehead atoms. The highest BCUT2D eigenvalue weighted by Crippen LogP contribution is 2.20. The molecule has 0 amide bonds. The van der Waals surface area contributed by atoms with E-state index in [0.29, 0.717) is 0 Å². The summed E-state index contributed by atoms with van der Waals surface area (Å²) in [7, 11) is 0. The monoisotopic (exact) mass is 532 g/mol. The van der Waals surface area contributed by atoms with Gasteiger partial charge in [0, 0.05) is 22.3 Å². The van der Waals surface area contributed by atoms with Crippen LogP contribution in [0.1, 0.15) is 33.4 Å². The van der Waals surface area contributed by atoms with E-state index in [1.165, 1.54) is 22.3 Å². The lowest BCUT2D eigenvalue weighted by Gasteiger charge is -2.01. The van der Waals surface area contributed by atoms with E-state index >= 15 is 0 Å². The molecule has 0 saturated carbocycles. The summed E-state index contributed by atoms with van der Waals surface area (Å²) in [5.41, 5.74) is 11.1. The van der Waals surface area contributed by atoms with E-state index in [0.717, 1.165) is 33.4 Å². The van der Waals surface area contributed by atoms with Gasteiger partial charge in [-0.3, -0.25) is 0 Å². The van der Waals surface area contributed by atoms with Crippen LogP contribution in [0.25, 0.3) is 34.4 Å². The Kier molecular flexibility index (Phi) is 8.19. The lowest BCUT2D eigenvalue weighted by atomic mass is 10.0. The first-order valence-corrected chi connectivity index (χ1v) is 14.0. The van der Waals surface area contributed by atoms with Crippen molar-refractivity contribution in [2.75, 3.05) is 0 Å². The average Bonchev–Trinajstić information content (AvgIpc) is 3.08. The third-order valence-electron chi connectivity index (χ3n) is 6.98. The van der Waals surface area contributed by atoms with Crippen molar-refractivity contribution in [2.24, 2.45) is 0 Å². The van der Waals surface area contributed by atoms with Crippen molar-refractivity contribution in [3.05, 3.63) is 191 Å². The van der Waals surface area contributed by atoms with Crippen molar-refractivity contribution in [2.45, 2.75) is 0 Å². The van der Waals surface area contributed by atoms with Gasteiger partial charge in [-0.25, -0.2) is 0 Å². The summed E-state index contributed by atoms with van der Waals surface area (Å²) in [5.74, 6) is 13.1. The van der Waals surface area contributed by atoms with Crippen LogP contribution < -0.4 is 0 Å². The van der Waals surface area contributed by atoms with Crippen molar-refractivity contribution in [1.82, 2.24) is 0 Å². The predicted molar refractivity (Wildman–Crippen MR) is 178 cm³/mol. The Morgan fingerprint density at radius 1 is 0.262 bits per heavy atom. The Morgan fingerprint density at radius 2 is 0.524 bits per heavy atom. The lowest BCUT2D eigenvalue weighted by Crippen LogP contribution is -1.80. The van der Waals surface area contributed by atoms with Crippen LogP contribution in [0.15, 0.2) is 158 Å². The van der Waals surface area contributed by atoms with Crippen LogP contribution in [0.5, 0.6) is 0 Å². The van der Waals surface area contributed by atoms with E-state index in [1.807, 2.05) is 12.1 Å². The van der Waals surface area contributed by atoms with Gasteiger partial charge in [0.25, 0.3) is 0 Å². The van der Waals surface area contributed by atoms with Crippen molar-refractivity contribution in [3.63, 3.8) is 0 Å². The second kappa shape index (κ2) is 13.0. The number of benzene rings is 6. The molecule has 0 aliphatic carbocycles. The molecule has 0 spiro atoms. The van der Waals surface area contributed by atoms with Crippen molar-refractivity contribution >= 4 is 12.2 Å². The Balaban J connectivity index is 1.04. The molecule has 0 nitrogen and oxygen atoms in total. The molecule has 0 heteroatoms. The second-order valence-electron chi connectivity index (χ2n) is 9.96. The standard InChI is InChI=1S/C42H28/c1-3-7-39(8-4-1)41-29-25-37(26-30-41)23-21-35-17-13-33(14-18-35)11-12-34-15-19-36(20-16-34)22-24-38-27-31-42(32-28-38)40-9-5-2-6-10-40/h1-20,25-32H. The minimum absolute atomic E-state index is 0.997. The van der Waals surface area contributed by atoms with Crippen LogP contribution in [-0.4, -0.2) is 0 Å². The highest BCUT2D eigenvalue weighted by molar-refractivity contribution is 5.70. The minimum Gasteiger partial charge on any atom is -0.0622 e. The van der Waals surface area contributed by atoms with Gasteiger partial charge in [-0.2, -0.15) is 0 Å². The topological polar surface area (TPSA) is 0 Å². The Bertz CT molecular complexity index is 1760. The summed E-state index contributed by atoms with van der Waals surface area (Å²) in [5, 5.41) is 0. The van der Waals surface area contributed by atoms with Gasteiger partial charge in [-0.05, 0) is 81.9 Å². The first-order chi connectivity index (χ1) is 20.8. The smallest absolute Gasteiger partial charge is 0.0249 e. The fraction of sp³-hybridized carbons (Fsp3) is 0. The predicted octanol–water partition coefficient (Wildman–Crippen LogP) is 9.99. The molecule has 0 atom stereocenters. The zero-order valence-corrected chi connectivity index (χ0v) is 23.2. The molecule has 6 aromatic carbocycles. The third kappa shape index (κ3) is 7.03. The second-order valence-corrected chi connectivity index (χ2v) is 9.96. The largest absolute Gasteiger partial charge is 0.0622 e. The SMILES string of the molecule is C(#Cc1ccc(-c2ccccc2)cc1)c1ccc(C=Cc2ccc(C#Cc3ccc(-c4ccccc4)cc3)cc2)cc1. The first kappa shape index (κ1) is 26.4. The molecule has 0 fully saturated rings. The van der Waals surface area contributed by atoms with E-state index in [9.17, 15) is 0 Å². The summed E-state index contributed by atoms with van der Waals surface area (Å²) in [4.78, 5) is 0. The summed E-state index contributed by atoms with van der Waals surface area (Å²) in [6.07, 6.45) is 4.24. The van der Waals surface area contributed by atoms with Crippen LogP contribution in [-0.2, 0) is 0 Å². The fourth-order valence-corrected chi connectivity index (χ4v) is 4.59. The average molecular weight is 533 g/mol. The van der Waals surface area contributed by atoms with Crippen molar-refractivity contribution in [3.8, 4) is 45.9 Å². The summed E-state index contributed by atoms with van der Waals surface area (Å²) < 4.78 is 0. The third-order valence-corrected chi connectivity index (χ3v) is 6.98. The van der Waals surface area contributed by atoms with Gasteiger partial charge >= 0.3 is 0 Å².